The van der Waals surface area contributed by atoms with Crippen molar-refractivity contribution in [3.8, 4) is 33.6 Å². The molecule has 1 amide bonds. The quantitative estimate of drug-likeness (QED) is 0.284. The maximum absolute atomic E-state index is 13.8. The van der Waals surface area contributed by atoms with Crippen LogP contribution in [0, 0.1) is 0 Å². The minimum absolute atomic E-state index is 0. The third-order valence-electron chi connectivity index (χ3n) is 6.25. The molecule has 36 heavy (non-hydrogen) atoms. The summed E-state index contributed by atoms with van der Waals surface area (Å²) in [6, 6.07) is 34.4. The first-order chi connectivity index (χ1) is 17.1. The van der Waals surface area contributed by atoms with Crippen molar-refractivity contribution in [3.63, 3.8) is 0 Å². The molecule has 1 aliphatic carbocycles. The van der Waals surface area contributed by atoms with Crippen molar-refractivity contribution in [2.75, 3.05) is 5.43 Å². The van der Waals surface area contributed by atoms with Crippen molar-refractivity contribution in [3.05, 3.63) is 130 Å². The van der Waals surface area contributed by atoms with E-state index in [1.165, 1.54) is 0 Å². The number of ketones is 1. The molecule has 1 aromatic heterocycles. The van der Waals surface area contributed by atoms with Crippen LogP contribution in [0.4, 0.5) is 0 Å². The Morgan fingerprint density at radius 2 is 1.22 bits per heavy atom. The van der Waals surface area contributed by atoms with Crippen molar-refractivity contribution in [1.29, 1.82) is 0 Å². The fraction of sp³-hybridized carbons (Fsp3) is 0. The standard InChI is InChI=1S/C30H19BrN2O2.H2O/c31-22-17-15-19(16-18-22)25-26-28(23-13-7-8-14-24(23)29(26)34)33(27(25)20-9-3-1-4-10-20)32-30(35)21-11-5-2-6-12-21;/h1-18H,(H,32,35);1H2. The monoisotopic (exact) mass is 536 g/mol. The van der Waals surface area contributed by atoms with Crippen LogP contribution in [0.5, 0.6) is 0 Å². The van der Waals surface area contributed by atoms with Gasteiger partial charge < -0.3 is 5.48 Å². The molecule has 5 nitrogen and oxygen atoms in total. The van der Waals surface area contributed by atoms with Gasteiger partial charge in [0, 0.05) is 32.3 Å². The number of halogens is 1. The Balaban J connectivity index is 0.00000267. The average molecular weight is 537 g/mol. The first-order valence-corrected chi connectivity index (χ1v) is 12.0. The summed E-state index contributed by atoms with van der Waals surface area (Å²) in [6.45, 7) is 0. The van der Waals surface area contributed by atoms with E-state index in [0.29, 0.717) is 22.4 Å². The van der Waals surface area contributed by atoms with Crippen LogP contribution in [0.2, 0.25) is 0 Å². The van der Waals surface area contributed by atoms with Crippen molar-refractivity contribution in [1.82, 2.24) is 4.68 Å². The zero-order valence-electron chi connectivity index (χ0n) is 19.0. The number of amides is 1. The van der Waals surface area contributed by atoms with Crippen molar-refractivity contribution >= 4 is 27.6 Å². The van der Waals surface area contributed by atoms with Gasteiger partial charge in [0.2, 0.25) is 0 Å². The molecule has 1 heterocycles. The number of nitrogens with zero attached hydrogens (tertiary/aromatic N) is 1. The molecule has 0 spiro atoms. The largest absolute Gasteiger partial charge is 0.412 e. The van der Waals surface area contributed by atoms with E-state index in [-0.39, 0.29) is 17.2 Å². The lowest BCUT2D eigenvalue weighted by atomic mass is 9.96. The molecular formula is C30H21BrN2O3. The second-order valence-electron chi connectivity index (χ2n) is 8.34. The summed E-state index contributed by atoms with van der Waals surface area (Å²) in [6.07, 6.45) is 0. The third-order valence-corrected chi connectivity index (χ3v) is 6.78. The average Bonchev–Trinajstić information content (AvgIpc) is 3.38. The Hall–Kier alpha value is -4.26. The number of carbonyl (C=O) groups excluding carboxylic acids is 2. The molecule has 5 aromatic rings. The molecule has 0 aliphatic heterocycles. The minimum atomic E-state index is -0.250. The molecule has 0 saturated heterocycles. The number of rotatable bonds is 4. The van der Waals surface area contributed by atoms with Gasteiger partial charge in [0.05, 0.1) is 17.0 Å². The highest BCUT2D eigenvalue weighted by Gasteiger charge is 2.37. The van der Waals surface area contributed by atoms with Gasteiger partial charge in [-0.1, -0.05) is 101 Å². The predicted molar refractivity (Wildman–Crippen MR) is 146 cm³/mol. The van der Waals surface area contributed by atoms with Crippen molar-refractivity contribution in [2.24, 2.45) is 0 Å². The maximum atomic E-state index is 13.8. The van der Waals surface area contributed by atoms with Crippen LogP contribution in [-0.2, 0) is 0 Å². The van der Waals surface area contributed by atoms with Gasteiger partial charge in [-0.05, 0) is 29.8 Å². The van der Waals surface area contributed by atoms with E-state index in [4.69, 9.17) is 0 Å². The van der Waals surface area contributed by atoms with E-state index in [2.05, 4.69) is 21.4 Å². The minimum Gasteiger partial charge on any atom is -0.412 e. The van der Waals surface area contributed by atoms with E-state index in [9.17, 15) is 9.59 Å². The van der Waals surface area contributed by atoms with Crippen LogP contribution in [0.3, 0.4) is 0 Å². The first kappa shape index (κ1) is 23.5. The fourth-order valence-electron chi connectivity index (χ4n) is 4.71. The summed E-state index contributed by atoms with van der Waals surface area (Å²) in [7, 11) is 0. The highest BCUT2D eigenvalue weighted by Crippen LogP contribution is 2.48. The Morgan fingerprint density at radius 3 is 1.89 bits per heavy atom. The number of carbonyl (C=O) groups is 2. The fourth-order valence-corrected chi connectivity index (χ4v) is 4.97. The Bertz CT molecular complexity index is 1590. The zero-order chi connectivity index (χ0) is 23.9. The molecule has 1 aliphatic rings. The molecule has 4 aromatic carbocycles. The topological polar surface area (TPSA) is 82.6 Å². The Kier molecular flexibility index (Phi) is 6.14. The van der Waals surface area contributed by atoms with E-state index in [0.717, 1.165) is 32.4 Å². The molecule has 0 radical (unpaired) electrons. The molecule has 3 N–H and O–H groups in total. The van der Waals surface area contributed by atoms with Crippen LogP contribution in [0.1, 0.15) is 26.3 Å². The number of hydrogen-bond acceptors (Lipinski definition) is 2. The number of aromatic nitrogens is 1. The van der Waals surface area contributed by atoms with E-state index < -0.39 is 0 Å². The van der Waals surface area contributed by atoms with Crippen molar-refractivity contribution < 1.29 is 15.1 Å². The molecule has 0 bridgehead atoms. The molecule has 0 saturated carbocycles. The molecule has 0 unspecified atom stereocenters. The summed E-state index contributed by atoms with van der Waals surface area (Å²) >= 11 is 3.51. The van der Waals surface area contributed by atoms with Gasteiger partial charge in [-0.25, -0.2) is 0 Å². The van der Waals surface area contributed by atoms with E-state index >= 15 is 0 Å². The van der Waals surface area contributed by atoms with Crippen LogP contribution in [-0.4, -0.2) is 21.8 Å². The highest BCUT2D eigenvalue weighted by atomic mass is 79.9. The van der Waals surface area contributed by atoms with Crippen LogP contribution in [0.25, 0.3) is 33.6 Å². The van der Waals surface area contributed by atoms with Gasteiger partial charge in [-0.2, -0.15) is 0 Å². The zero-order valence-corrected chi connectivity index (χ0v) is 20.6. The summed E-state index contributed by atoms with van der Waals surface area (Å²) < 4.78 is 2.74. The third kappa shape index (κ3) is 3.77. The summed E-state index contributed by atoms with van der Waals surface area (Å²) in [5.41, 5.74) is 9.76. The van der Waals surface area contributed by atoms with Gasteiger partial charge in [0.25, 0.3) is 5.91 Å². The van der Waals surface area contributed by atoms with E-state index in [1.807, 2.05) is 97.1 Å². The second kappa shape index (κ2) is 9.41. The summed E-state index contributed by atoms with van der Waals surface area (Å²) in [4.78, 5) is 27.1. The maximum Gasteiger partial charge on any atom is 0.270 e. The lowest BCUT2D eigenvalue weighted by Gasteiger charge is -2.16. The molecular weight excluding hydrogens is 516 g/mol. The molecule has 176 valence electrons. The number of benzene rings is 4. The normalized spacial score (nSPS) is 11.4. The molecule has 0 fully saturated rings. The van der Waals surface area contributed by atoms with Gasteiger partial charge in [-0.3, -0.25) is 19.7 Å². The smallest absolute Gasteiger partial charge is 0.270 e. The lowest BCUT2D eigenvalue weighted by Crippen LogP contribution is -2.24. The molecule has 0 atom stereocenters. The Labute approximate surface area is 216 Å². The number of fused-ring (bicyclic) bond motifs is 3. The number of hydrogen-bond donors (Lipinski definition) is 1. The number of nitrogens with one attached hydrogen (secondary N) is 1. The summed E-state index contributed by atoms with van der Waals surface area (Å²) in [5.74, 6) is -0.293. The van der Waals surface area contributed by atoms with Crippen molar-refractivity contribution in [2.45, 2.75) is 0 Å². The SMILES string of the molecule is O.O=C(Nn1c2c(c(-c3ccc(Br)cc3)c1-c1ccccc1)C(=O)c1ccccc1-2)c1ccccc1. The first-order valence-electron chi connectivity index (χ1n) is 11.2. The highest BCUT2D eigenvalue weighted by molar-refractivity contribution is 9.10. The molecule has 6 rings (SSSR count). The second-order valence-corrected chi connectivity index (χ2v) is 9.25. The van der Waals surface area contributed by atoms with Gasteiger partial charge >= 0.3 is 0 Å². The lowest BCUT2D eigenvalue weighted by molar-refractivity contribution is 0.101. The van der Waals surface area contributed by atoms with E-state index in [1.54, 1.807) is 16.8 Å². The predicted octanol–water partition coefficient (Wildman–Crippen LogP) is 6.36. The molecule has 6 heteroatoms. The summed E-state index contributed by atoms with van der Waals surface area (Å²) in [5, 5.41) is 0. The Morgan fingerprint density at radius 1 is 0.639 bits per heavy atom. The van der Waals surface area contributed by atoms with Crippen LogP contribution < -0.4 is 5.43 Å². The van der Waals surface area contributed by atoms with Gasteiger partial charge in [0.15, 0.2) is 5.78 Å². The van der Waals surface area contributed by atoms with Crippen LogP contribution >= 0.6 is 15.9 Å². The van der Waals surface area contributed by atoms with Crippen LogP contribution in [0.15, 0.2) is 114 Å². The van der Waals surface area contributed by atoms with Gasteiger partial charge in [-0.15, -0.1) is 0 Å². The van der Waals surface area contributed by atoms with Gasteiger partial charge in [0.1, 0.15) is 0 Å².